The lowest BCUT2D eigenvalue weighted by Gasteiger charge is -1.94. The minimum Gasteiger partial charge on any atom is -0.439 e. The minimum atomic E-state index is 0.525. The topological polar surface area (TPSA) is 69.9 Å². The van der Waals surface area contributed by atoms with Gasteiger partial charge < -0.3 is 10.2 Å². The highest BCUT2D eigenvalue weighted by molar-refractivity contribution is 14.1. The number of anilines is 1. The van der Waals surface area contributed by atoms with Crippen LogP contribution < -0.4 is 5.73 Å². The van der Waals surface area contributed by atoms with Crippen molar-refractivity contribution in [3.63, 3.8) is 0 Å². The summed E-state index contributed by atoms with van der Waals surface area (Å²) < 4.78 is 8.48. The highest BCUT2D eigenvalue weighted by atomic mass is 127. The molecule has 0 saturated heterocycles. The first kappa shape index (κ1) is 10.6. The summed E-state index contributed by atoms with van der Waals surface area (Å²) in [6, 6.07) is 5.43. The molecule has 0 fully saturated rings. The Balaban J connectivity index is 1.95. The Bertz CT molecular complexity index is 673. The van der Waals surface area contributed by atoms with Crippen molar-refractivity contribution < 1.29 is 4.42 Å². The average Bonchev–Trinajstić information content (AvgIpc) is 2.84. The second-order valence-corrected chi connectivity index (χ2v) is 4.94. The SMILES string of the molecule is Nc1ccc2oc(Cn3cc(I)cn3)nc2c1. The highest BCUT2D eigenvalue weighted by Gasteiger charge is 2.07. The van der Waals surface area contributed by atoms with Crippen LogP contribution in [0, 0.1) is 3.57 Å². The maximum absolute atomic E-state index is 5.69. The van der Waals surface area contributed by atoms with E-state index >= 15 is 0 Å². The van der Waals surface area contributed by atoms with Crippen LogP contribution in [0.3, 0.4) is 0 Å². The van der Waals surface area contributed by atoms with E-state index in [0.29, 0.717) is 18.1 Å². The van der Waals surface area contributed by atoms with E-state index in [0.717, 1.165) is 14.7 Å². The lowest BCUT2D eigenvalue weighted by atomic mass is 10.3. The van der Waals surface area contributed by atoms with E-state index in [1.165, 1.54) is 0 Å². The molecule has 0 spiro atoms. The van der Waals surface area contributed by atoms with Crippen molar-refractivity contribution in [3.8, 4) is 0 Å². The monoisotopic (exact) mass is 340 g/mol. The van der Waals surface area contributed by atoms with E-state index in [2.05, 4.69) is 32.7 Å². The number of oxazole rings is 1. The molecule has 5 nitrogen and oxygen atoms in total. The van der Waals surface area contributed by atoms with Crippen LogP contribution in [-0.2, 0) is 6.54 Å². The van der Waals surface area contributed by atoms with Gasteiger partial charge in [-0.3, -0.25) is 4.68 Å². The quantitative estimate of drug-likeness (QED) is 0.574. The van der Waals surface area contributed by atoms with E-state index in [-0.39, 0.29) is 0 Å². The number of benzene rings is 1. The molecule has 0 unspecified atom stereocenters. The maximum atomic E-state index is 5.69. The van der Waals surface area contributed by atoms with Crippen molar-refractivity contribution in [2.45, 2.75) is 6.54 Å². The van der Waals surface area contributed by atoms with Crippen molar-refractivity contribution in [2.75, 3.05) is 5.73 Å². The number of halogens is 1. The summed E-state index contributed by atoms with van der Waals surface area (Å²) in [5, 5.41) is 4.18. The van der Waals surface area contributed by atoms with Gasteiger partial charge in [0, 0.05) is 11.9 Å². The van der Waals surface area contributed by atoms with Crippen molar-refractivity contribution in [3.05, 3.63) is 40.1 Å². The van der Waals surface area contributed by atoms with Crippen LogP contribution in [0.1, 0.15) is 5.89 Å². The molecule has 0 bridgehead atoms. The number of nitrogens with zero attached hydrogens (tertiary/aromatic N) is 3. The first-order valence-electron chi connectivity index (χ1n) is 5.03. The van der Waals surface area contributed by atoms with Crippen molar-refractivity contribution in [1.29, 1.82) is 0 Å². The van der Waals surface area contributed by atoms with Gasteiger partial charge in [-0.05, 0) is 40.8 Å². The van der Waals surface area contributed by atoms with Crippen LogP contribution in [-0.4, -0.2) is 14.8 Å². The third kappa shape index (κ3) is 2.12. The van der Waals surface area contributed by atoms with Gasteiger partial charge in [-0.1, -0.05) is 0 Å². The fourth-order valence-corrected chi connectivity index (χ4v) is 2.07. The Hall–Kier alpha value is -1.57. The molecule has 86 valence electrons. The third-order valence-electron chi connectivity index (χ3n) is 2.35. The number of fused-ring (bicyclic) bond motifs is 1. The Morgan fingerprint density at radius 1 is 1.41 bits per heavy atom. The zero-order chi connectivity index (χ0) is 11.8. The highest BCUT2D eigenvalue weighted by Crippen LogP contribution is 2.18. The molecule has 0 atom stereocenters. The van der Waals surface area contributed by atoms with Gasteiger partial charge >= 0.3 is 0 Å². The molecule has 2 heterocycles. The molecule has 1 aromatic carbocycles. The van der Waals surface area contributed by atoms with Crippen molar-refractivity contribution >= 4 is 39.4 Å². The number of aromatic nitrogens is 3. The van der Waals surface area contributed by atoms with E-state index in [4.69, 9.17) is 10.2 Å². The largest absolute Gasteiger partial charge is 0.439 e. The Morgan fingerprint density at radius 2 is 2.29 bits per heavy atom. The summed E-state index contributed by atoms with van der Waals surface area (Å²) >= 11 is 2.21. The van der Waals surface area contributed by atoms with Crippen LogP contribution in [0.2, 0.25) is 0 Å². The molecule has 2 N–H and O–H groups in total. The van der Waals surface area contributed by atoms with Gasteiger partial charge in [0.15, 0.2) is 5.58 Å². The summed E-state index contributed by atoms with van der Waals surface area (Å²) in [5.41, 5.74) is 7.90. The average molecular weight is 340 g/mol. The number of hydrogen-bond donors (Lipinski definition) is 1. The third-order valence-corrected chi connectivity index (χ3v) is 2.91. The van der Waals surface area contributed by atoms with Gasteiger partial charge in [0.2, 0.25) is 5.89 Å². The second kappa shape index (κ2) is 4.02. The van der Waals surface area contributed by atoms with Gasteiger partial charge in [0.1, 0.15) is 12.1 Å². The molecule has 0 radical (unpaired) electrons. The van der Waals surface area contributed by atoms with E-state index in [1.54, 1.807) is 23.0 Å². The van der Waals surface area contributed by atoms with E-state index < -0.39 is 0 Å². The summed E-state index contributed by atoms with van der Waals surface area (Å²) in [5.74, 6) is 0.630. The maximum Gasteiger partial charge on any atom is 0.217 e. The molecule has 0 aliphatic carbocycles. The van der Waals surface area contributed by atoms with Crippen LogP contribution in [0.4, 0.5) is 5.69 Å². The standard InChI is InChI=1S/C11H9IN4O/c12-7-4-14-16(5-7)6-11-15-9-3-8(13)1-2-10(9)17-11/h1-5H,6,13H2. The van der Waals surface area contributed by atoms with Crippen LogP contribution >= 0.6 is 22.6 Å². The summed E-state index contributed by atoms with van der Waals surface area (Å²) in [4.78, 5) is 4.37. The Labute approximate surface area is 111 Å². The molecule has 6 heteroatoms. The van der Waals surface area contributed by atoms with Gasteiger partial charge in [-0.25, -0.2) is 4.98 Å². The van der Waals surface area contributed by atoms with Gasteiger partial charge in [-0.15, -0.1) is 0 Å². The molecule has 3 rings (SSSR count). The van der Waals surface area contributed by atoms with Gasteiger partial charge in [-0.2, -0.15) is 5.10 Å². The zero-order valence-corrected chi connectivity index (χ0v) is 11.0. The predicted molar refractivity (Wildman–Crippen MR) is 72.5 cm³/mol. The number of hydrogen-bond acceptors (Lipinski definition) is 4. The lowest BCUT2D eigenvalue weighted by molar-refractivity contribution is 0.491. The fraction of sp³-hybridized carbons (Fsp3) is 0.0909. The molecule has 2 aromatic heterocycles. The van der Waals surface area contributed by atoms with Crippen molar-refractivity contribution in [2.24, 2.45) is 0 Å². The first-order chi connectivity index (χ1) is 8.20. The van der Waals surface area contributed by atoms with Gasteiger partial charge in [0.25, 0.3) is 0 Å². The minimum absolute atomic E-state index is 0.525. The molecule has 0 amide bonds. The summed E-state index contributed by atoms with van der Waals surface area (Å²) in [7, 11) is 0. The van der Waals surface area contributed by atoms with Crippen molar-refractivity contribution in [1.82, 2.24) is 14.8 Å². The van der Waals surface area contributed by atoms with E-state index in [9.17, 15) is 0 Å². The smallest absolute Gasteiger partial charge is 0.217 e. The molecular weight excluding hydrogens is 331 g/mol. The molecule has 0 saturated carbocycles. The fourth-order valence-electron chi connectivity index (χ4n) is 1.62. The van der Waals surface area contributed by atoms with Crippen LogP contribution in [0.25, 0.3) is 11.1 Å². The molecule has 3 aromatic rings. The number of rotatable bonds is 2. The molecular formula is C11H9IN4O. The second-order valence-electron chi connectivity index (χ2n) is 3.69. The summed E-state index contributed by atoms with van der Waals surface area (Å²) in [6.45, 7) is 0.525. The Morgan fingerprint density at radius 3 is 3.06 bits per heavy atom. The summed E-state index contributed by atoms with van der Waals surface area (Å²) in [6.07, 6.45) is 3.73. The van der Waals surface area contributed by atoms with Crippen LogP contribution in [0.5, 0.6) is 0 Å². The zero-order valence-electron chi connectivity index (χ0n) is 8.80. The predicted octanol–water partition coefficient (Wildman–Crippen LogP) is 2.26. The normalized spacial score (nSPS) is 11.1. The molecule has 0 aliphatic rings. The van der Waals surface area contributed by atoms with Crippen LogP contribution in [0.15, 0.2) is 35.0 Å². The molecule has 17 heavy (non-hydrogen) atoms. The Kier molecular flexibility index (Phi) is 2.50. The first-order valence-corrected chi connectivity index (χ1v) is 6.11. The molecule has 0 aliphatic heterocycles. The van der Waals surface area contributed by atoms with E-state index in [1.807, 2.05) is 12.3 Å². The number of nitrogen functional groups attached to an aromatic ring is 1. The lowest BCUT2D eigenvalue weighted by Crippen LogP contribution is -1.99. The number of nitrogens with two attached hydrogens (primary N) is 1. The van der Waals surface area contributed by atoms with Gasteiger partial charge in [0.05, 0.1) is 9.77 Å².